The Bertz CT molecular complexity index is 2890. The molecule has 0 fully saturated rings. The summed E-state index contributed by atoms with van der Waals surface area (Å²) in [5.41, 5.74) is 6.84. The molecule has 0 bridgehead atoms. The van der Waals surface area contributed by atoms with Gasteiger partial charge < -0.3 is 4.42 Å². The van der Waals surface area contributed by atoms with Crippen molar-refractivity contribution in [3.63, 3.8) is 0 Å². The number of para-hydroxylation sites is 1. The smallest absolute Gasteiger partial charge is 0.164 e. The van der Waals surface area contributed by atoms with Crippen molar-refractivity contribution in [2.45, 2.75) is 0 Å². The highest BCUT2D eigenvalue weighted by Gasteiger charge is 2.20. The third-order valence-corrected chi connectivity index (χ3v) is 9.55. The molecule has 10 aromatic rings. The van der Waals surface area contributed by atoms with E-state index < -0.39 is 0 Å². The summed E-state index contributed by atoms with van der Waals surface area (Å²) in [5.74, 6) is 1.86. The minimum atomic E-state index is 0.604. The first kappa shape index (κ1) is 27.5. The monoisotopic (exact) mass is 625 g/mol. The molecule has 0 aliphatic heterocycles. The summed E-state index contributed by atoms with van der Waals surface area (Å²) in [6.45, 7) is 0. The van der Waals surface area contributed by atoms with Gasteiger partial charge in [-0.2, -0.15) is 0 Å². The zero-order valence-corrected chi connectivity index (χ0v) is 26.3. The maximum absolute atomic E-state index is 6.27. The van der Waals surface area contributed by atoms with Crippen molar-refractivity contribution in [1.29, 1.82) is 0 Å². The van der Waals surface area contributed by atoms with Crippen LogP contribution < -0.4 is 0 Å². The normalized spacial score (nSPS) is 11.7. The van der Waals surface area contributed by atoms with Gasteiger partial charge in [0.1, 0.15) is 11.2 Å². The Morgan fingerprint density at radius 3 is 1.41 bits per heavy atom. The van der Waals surface area contributed by atoms with E-state index in [0.717, 1.165) is 60.2 Å². The van der Waals surface area contributed by atoms with Crippen LogP contribution >= 0.6 is 0 Å². The van der Waals surface area contributed by atoms with Crippen LogP contribution in [0, 0.1) is 0 Å². The van der Waals surface area contributed by atoms with Crippen molar-refractivity contribution in [2.24, 2.45) is 0 Å². The van der Waals surface area contributed by atoms with Crippen LogP contribution in [0.3, 0.4) is 0 Å². The molecule has 49 heavy (non-hydrogen) atoms. The quantitative estimate of drug-likeness (QED) is 0.195. The van der Waals surface area contributed by atoms with Gasteiger partial charge in [0.25, 0.3) is 0 Å². The fourth-order valence-electron chi connectivity index (χ4n) is 7.31. The van der Waals surface area contributed by atoms with E-state index in [1.807, 2.05) is 30.3 Å². The lowest BCUT2D eigenvalue weighted by Crippen LogP contribution is -2.01. The molecule has 0 saturated heterocycles. The summed E-state index contributed by atoms with van der Waals surface area (Å²) >= 11 is 0. The molecular weight excluding hydrogens is 599 g/mol. The molecule has 0 aliphatic rings. The Hall–Kier alpha value is -6.65. The van der Waals surface area contributed by atoms with Crippen molar-refractivity contribution < 1.29 is 4.42 Å². The van der Waals surface area contributed by atoms with Crippen molar-refractivity contribution in [3.8, 4) is 45.3 Å². The first-order chi connectivity index (χ1) is 24.3. The van der Waals surface area contributed by atoms with Gasteiger partial charge >= 0.3 is 0 Å². The van der Waals surface area contributed by atoms with Gasteiger partial charge in [0.2, 0.25) is 0 Å². The van der Waals surface area contributed by atoms with Gasteiger partial charge in [0.15, 0.2) is 17.5 Å². The number of aromatic nitrogens is 3. The van der Waals surface area contributed by atoms with E-state index in [-0.39, 0.29) is 0 Å². The third kappa shape index (κ3) is 4.42. The summed E-state index contributed by atoms with van der Waals surface area (Å²) in [7, 11) is 0. The molecule has 2 heterocycles. The van der Waals surface area contributed by atoms with Crippen LogP contribution in [0.5, 0.6) is 0 Å². The van der Waals surface area contributed by atoms with Crippen LogP contribution in [0.25, 0.3) is 99.5 Å². The highest BCUT2D eigenvalue weighted by Crippen LogP contribution is 2.40. The first-order valence-corrected chi connectivity index (χ1v) is 16.5. The Morgan fingerprint density at radius 2 is 0.694 bits per heavy atom. The topological polar surface area (TPSA) is 51.8 Å². The van der Waals surface area contributed by atoms with Crippen LogP contribution in [0.4, 0.5) is 0 Å². The molecule has 0 spiro atoms. The summed E-state index contributed by atoms with van der Waals surface area (Å²) in [5, 5.41) is 8.93. The maximum atomic E-state index is 6.27. The van der Waals surface area contributed by atoms with Gasteiger partial charge in [-0.1, -0.05) is 146 Å². The fraction of sp³-hybridized carbons (Fsp3) is 0. The SMILES string of the molecule is c1ccc2c(-c3nc(-c4ccc(-c5cccc6ccccc56)c5ccccc45)nc(-c4cccc5oc6ccccc6c45)n3)cccc2c1. The highest BCUT2D eigenvalue weighted by atomic mass is 16.3. The first-order valence-electron chi connectivity index (χ1n) is 16.5. The average Bonchev–Trinajstić information content (AvgIpc) is 3.56. The molecule has 0 atom stereocenters. The van der Waals surface area contributed by atoms with E-state index in [1.54, 1.807) is 0 Å². The van der Waals surface area contributed by atoms with Crippen LogP contribution in [-0.2, 0) is 0 Å². The van der Waals surface area contributed by atoms with E-state index in [1.165, 1.54) is 21.9 Å². The van der Waals surface area contributed by atoms with Crippen LogP contribution in [-0.4, -0.2) is 15.0 Å². The Labute approximate surface area is 282 Å². The van der Waals surface area contributed by atoms with Crippen molar-refractivity contribution in [1.82, 2.24) is 15.0 Å². The van der Waals surface area contributed by atoms with E-state index >= 15 is 0 Å². The lowest BCUT2D eigenvalue weighted by atomic mass is 9.92. The molecule has 0 aliphatic carbocycles. The summed E-state index contributed by atoms with van der Waals surface area (Å²) in [6.07, 6.45) is 0. The van der Waals surface area contributed by atoms with Crippen LogP contribution in [0.1, 0.15) is 0 Å². The minimum Gasteiger partial charge on any atom is -0.456 e. The van der Waals surface area contributed by atoms with Crippen molar-refractivity contribution in [3.05, 3.63) is 164 Å². The standard InChI is InChI=1S/C45H27N3O/c1-3-16-30-28(12-1)14-9-21-32(30)35-26-27-37(34-19-6-5-18-33(34)35)44-46-43(36-22-10-15-29-13-2-4-17-31(29)36)47-45(48-44)39-23-11-25-41-42(39)38-20-7-8-24-40(38)49-41/h1-27H. The molecule has 4 nitrogen and oxygen atoms in total. The average molecular weight is 626 g/mol. The van der Waals surface area contributed by atoms with Crippen LogP contribution in [0.2, 0.25) is 0 Å². The lowest BCUT2D eigenvalue weighted by Gasteiger charge is -2.15. The zero-order chi connectivity index (χ0) is 32.3. The summed E-state index contributed by atoms with van der Waals surface area (Å²) < 4.78 is 6.27. The van der Waals surface area contributed by atoms with Crippen molar-refractivity contribution >= 4 is 54.3 Å². The summed E-state index contributed by atoms with van der Waals surface area (Å²) in [4.78, 5) is 15.7. The molecule has 0 saturated carbocycles. The Kier molecular flexibility index (Phi) is 6.15. The van der Waals surface area contributed by atoms with E-state index in [0.29, 0.717) is 17.5 Å². The Morgan fingerprint density at radius 1 is 0.286 bits per heavy atom. The second-order valence-electron chi connectivity index (χ2n) is 12.3. The van der Waals surface area contributed by atoms with Gasteiger partial charge in [-0.25, -0.2) is 15.0 Å². The minimum absolute atomic E-state index is 0.604. The maximum Gasteiger partial charge on any atom is 0.164 e. The zero-order valence-electron chi connectivity index (χ0n) is 26.3. The number of hydrogen-bond acceptors (Lipinski definition) is 4. The molecule has 8 aromatic carbocycles. The van der Waals surface area contributed by atoms with E-state index in [2.05, 4.69) is 133 Å². The Balaban J connectivity index is 1.26. The molecule has 4 heteroatoms. The number of furan rings is 1. The molecular formula is C45H27N3O. The molecule has 0 radical (unpaired) electrons. The number of fused-ring (bicyclic) bond motifs is 6. The molecule has 2 aromatic heterocycles. The second-order valence-corrected chi connectivity index (χ2v) is 12.3. The van der Waals surface area contributed by atoms with Gasteiger partial charge in [0, 0.05) is 27.5 Å². The van der Waals surface area contributed by atoms with E-state index in [9.17, 15) is 0 Å². The number of nitrogens with zero attached hydrogens (tertiary/aromatic N) is 3. The number of rotatable bonds is 4. The van der Waals surface area contributed by atoms with Gasteiger partial charge in [-0.05, 0) is 61.6 Å². The lowest BCUT2D eigenvalue weighted by molar-refractivity contribution is 0.669. The molecule has 0 unspecified atom stereocenters. The fourth-order valence-corrected chi connectivity index (χ4v) is 7.31. The molecule has 10 rings (SSSR count). The highest BCUT2D eigenvalue weighted by molar-refractivity contribution is 6.12. The van der Waals surface area contributed by atoms with E-state index in [4.69, 9.17) is 19.4 Å². The number of benzene rings is 8. The second kappa shape index (κ2) is 11.0. The summed E-state index contributed by atoms with van der Waals surface area (Å²) in [6, 6.07) is 56.9. The largest absolute Gasteiger partial charge is 0.456 e. The van der Waals surface area contributed by atoms with Gasteiger partial charge in [-0.3, -0.25) is 0 Å². The third-order valence-electron chi connectivity index (χ3n) is 9.55. The number of hydrogen-bond donors (Lipinski definition) is 0. The predicted molar refractivity (Wildman–Crippen MR) is 201 cm³/mol. The molecule has 228 valence electrons. The predicted octanol–water partition coefficient (Wildman–Crippen LogP) is 11.9. The van der Waals surface area contributed by atoms with Crippen molar-refractivity contribution in [2.75, 3.05) is 0 Å². The van der Waals surface area contributed by atoms with Gasteiger partial charge in [0.05, 0.1) is 0 Å². The van der Waals surface area contributed by atoms with Gasteiger partial charge in [-0.15, -0.1) is 0 Å². The molecule has 0 amide bonds. The molecule has 0 N–H and O–H groups in total. The van der Waals surface area contributed by atoms with Crippen LogP contribution in [0.15, 0.2) is 168 Å².